The fraction of sp³-hybridized carbons (Fsp3) is 0.833. The molecule has 1 aliphatic rings. The van der Waals surface area contributed by atoms with Gasteiger partial charge in [0.15, 0.2) is 5.82 Å². The number of aromatic nitrogens is 3. The van der Waals surface area contributed by atoms with Crippen molar-refractivity contribution in [3.8, 4) is 0 Å². The second-order valence-electron chi connectivity index (χ2n) is 8.46. The standard InChI is InChI=1S/C24H43N3O/c1-3-4-5-6-7-8-9-10-11-12-13-14-15-16-23-25-24(27-26-23)21-17-19-22(28-2)20-18-21/h17,22H,3-16,18-20H2,1-2H3,(H,25,26,27). The van der Waals surface area contributed by atoms with Crippen LogP contribution in [0.15, 0.2) is 6.08 Å². The molecule has 4 nitrogen and oxygen atoms in total. The van der Waals surface area contributed by atoms with Gasteiger partial charge in [-0.05, 0) is 31.3 Å². The number of unbranched alkanes of at least 4 members (excludes halogenated alkanes) is 12. The van der Waals surface area contributed by atoms with Crippen LogP contribution in [0.3, 0.4) is 0 Å². The summed E-state index contributed by atoms with van der Waals surface area (Å²) in [4.78, 5) is 4.70. The van der Waals surface area contributed by atoms with Gasteiger partial charge in [-0.25, -0.2) is 4.98 Å². The molecule has 1 atom stereocenters. The van der Waals surface area contributed by atoms with Crippen molar-refractivity contribution >= 4 is 5.57 Å². The first-order valence-electron chi connectivity index (χ1n) is 12.0. The number of nitrogens with zero attached hydrogens (tertiary/aromatic N) is 2. The quantitative estimate of drug-likeness (QED) is 0.309. The molecule has 0 spiro atoms. The third-order valence-electron chi connectivity index (χ3n) is 6.03. The number of hydrogen-bond acceptors (Lipinski definition) is 3. The summed E-state index contributed by atoms with van der Waals surface area (Å²) >= 11 is 0. The molecular weight excluding hydrogens is 346 g/mol. The third kappa shape index (κ3) is 9.36. The lowest BCUT2D eigenvalue weighted by Gasteiger charge is -2.18. The number of ether oxygens (including phenoxy) is 1. The number of hydrogen-bond donors (Lipinski definition) is 1. The van der Waals surface area contributed by atoms with E-state index in [1.807, 2.05) is 0 Å². The zero-order valence-electron chi connectivity index (χ0n) is 18.5. The first-order chi connectivity index (χ1) is 13.8. The predicted molar refractivity (Wildman–Crippen MR) is 118 cm³/mol. The van der Waals surface area contributed by atoms with E-state index in [0.717, 1.165) is 37.3 Å². The van der Waals surface area contributed by atoms with E-state index in [1.165, 1.54) is 89.0 Å². The molecule has 1 heterocycles. The van der Waals surface area contributed by atoms with Gasteiger partial charge in [-0.15, -0.1) is 0 Å². The Hall–Kier alpha value is -1.16. The van der Waals surface area contributed by atoms with Crippen LogP contribution in [0.1, 0.15) is 121 Å². The molecule has 0 radical (unpaired) electrons. The van der Waals surface area contributed by atoms with Gasteiger partial charge in [-0.3, -0.25) is 5.10 Å². The summed E-state index contributed by atoms with van der Waals surface area (Å²) in [5.41, 5.74) is 1.28. The van der Waals surface area contributed by atoms with Crippen molar-refractivity contribution in [2.24, 2.45) is 0 Å². The second kappa shape index (κ2) is 14.8. The average Bonchev–Trinajstić information content (AvgIpc) is 3.20. The van der Waals surface area contributed by atoms with Gasteiger partial charge in [-0.1, -0.05) is 90.0 Å². The maximum absolute atomic E-state index is 5.42. The fourth-order valence-electron chi connectivity index (χ4n) is 4.09. The summed E-state index contributed by atoms with van der Waals surface area (Å²) in [6.07, 6.45) is 24.8. The normalized spacial score (nSPS) is 17.1. The van der Waals surface area contributed by atoms with Crippen LogP contribution in [0.25, 0.3) is 5.57 Å². The Morgan fingerprint density at radius 2 is 1.54 bits per heavy atom. The summed E-state index contributed by atoms with van der Waals surface area (Å²) in [6, 6.07) is 0. The molecule has 4 heteroatoms. The zero-order valence-corrected chi connectivity index (χ0v) is 18.5. The van der Waals surface area contributed by atoms with Gasteiger partial charge in [-0.2, -0.15) is 5.10 Å². The molecule has 0 bridgehead atoms. The minimum atomic E-state index is 0.368. The smallest absolute Gasteiger partial charge is 0.176 e. The van der Waals surface area contributed by atoms with Gasteiger partial charge in [0.2, 0.25) is 0 Å². The molecule has 0 aliphatic heterocycles. The molecule has 1 aromatic heterocycles. The Labute approximate surface area is 172 Å². The SMILES string of the molecule is CCCCCCCCCCCCCCCc1nc(C2=CCC(OC)CC2)n[nH]1. The highest BCUT2D eigenvalue weighted by Gasteiger charge is 2.17. The van der Waals surface area contributed by atoms with Gasteiger partial charge in [0.1, 0.15) is 5.82 Å². The van der Waals surface area contributed by atoms with E-state index in [2.05, 4.69) is 23.2 Å². The van der Waals surface area contributed by atoms with Crippen LogP contribution in [0.2, 0.25) is 0 Å². The number of aromatic amines is 1. The molecule has 0 saturated carbocycles. The van der Waals surface area contributed by atoms with Crippen LogP contribution in [0.4, 0.5) is 0 Å². The van der Waals surface area contributed by atoms with E-state index in [1.54, 1.807) is 7.11 Å². The van der Waals surface area contributed by atoms with E-state index in [0.29, 0.717) is 6.10 Å². The summed E-state index contributed by atoms with van der Waals surface area (Å²) in [5, 5.41) is 7.56. The van der Waals surface area contributed by atoms with E-state index >= 15 is 0 Å². The van der Waals surface area contributed by atoms with Crippen molar-refractivity contribution in [1.82, 2.24) is 15.2 Å². The predicted octanol–water partition coefficient (Wildman–Crippen LogP) is 7.02. The molecule has 2 rings (SSSR count). The van der Waals surface area contributed by atoms with Gasteiger partial charge >= 0.3 is 0 Å². The maximum Gasteiger partial charge on any atom is 0.176 e. The van der Waals surface area contributed by atoms with Gasteiger partial charge < -0.3 is 4.74 Å². The van der Waals surface area contributed by atoms with E-state index in [9.17, 15) is 0 Å². The Bertz CT molecular complexity index is 538. The van der Waals surface area contributed by atoms with Gasteiger partial charge in [0.25, 0.3) is 0 Å². The number of rotatable bonds is 16. The number of nitrogens with one attached hydrogen (secondary N) is 1. The molecule has 0 aromatic carbocycles. The van der Waals surface area contributed by atoms with Crippen LogP contribution >= 0.6 is 0 Å². The first kappa shape index (κ1) is 23.1. The topological polar surface area (TPSA) is 50.8 Å². The zero-order chi connectivity index (χ0) is 19.9. The fourth-order valence-corrected chi connectivity index (χ4v) is 4.09. The molecule has 1 aromatic rings. The molecule has 160 valence electrons. The van der Waals surface area contributed by atoms with Gasteiger partial charge in [0.05, 0.1) is 6.10 Å². The largest absolute Gasteiger partial charge is 0.381 e. The monoisotopic (exact) mass is 389 g/mol. The van der Waals surface area contributed by atoms with Crippen LogP contribution in [-0.2, 0) is 11.2 Å². The highest BCUT2D eigenvalue weighted by atomic mass is 16.5. The van der Waals surface area contributed by atoms with Crippen molar-refractivity contribution in [2.75, 3.05) is 7.11 Å². The Morgan fingerprint density at radius 1 is 0.929 bits per heavy atom. The minimum absolute atomic E-state index is 0.368. The number of allylic oxidation sites excluding steroid dienone is 1. The molecular formula is C24H43N3O. The second-order valence-corrected chi connectivity index (χ2v) is 8.46. The molecule has 28 heavy (non-hydrogen) atoms. The van der Waals surface area contributed by atoms with Crippen LogP contribution in [0.5, 0.6) is 0 Å². The highest BCUT2D eigenvalue weighted by Crippen LogP contribution is 2.26. The lowest BCUT2D eigenvalue weighted by Crippen LogP contribution is -2.13. The molecule has 1 aliphatic carbocycles. The molecule has 0 amide bonds. The summed E-state index contributed by atoms with van der Waals surface area (Å²) in [6.45, 7) is 2.29. The lowest BCUT2D eigenvalue weighted by molar-refractivity contribution is 0.0963. The average molecular weight is 390 g/mol. The lowest BCUT2D eigenvalue weighted by atomic mass is 9.97. The van der Waals surface area contributed by atoms with E-state index < -0.39 is 0 Å². The number of methoxy groups -OCH3 is 1. The summed E-state index contributed by atoms with van der Waals surface area (Å²) < 4.78 is 5.42. The van der Waals surface area contributed by atoms with Crippen molar-refractivity contribution < 1.29 is 4.74 Å². The highest BCUT2D eigenvalue weighted by molar-refractivity contribution is 5.60. The van der Waals surface area contributed by atoms with Crippen LogP contribution < -0.4 is 0 Å². The van der Waals surface area contributed by atoms with Crippen LogP contribution in [0, 0.1) is 0 Å². The Balaban J connectivity index is 1.44. The molecule has 0 saturated heterocycles. The third-order valence-corrected chi connectivity index (χ3v) is 6.03. The Morgan fingerprint density at radius 3 is 2.07 bits per heavy atom. The first-order valence-corrected chi connectivity index (χ1v) is 12.0. The molecule has 1 unspecified atom stereocenters. The van der Waals surface area contributed by atoms with Gasteiger partial charge in [0, 0.05) is 13.5 Å². The van der Waals surface area contributed by atoms with E-state index in [4.69, 9.17) is 9.72 Å². The van der Waals surface area contributed by atoms with Crippen molar-refractivity contribution in [3.63, 3.8) is 0 Å². The van der Waals surface area contributed by atoms with Crippen molar-refractivity contribution in [3.05, 3.63) is 17.7 Å². The maximum atomic E-state index is 5.42. The summed E-state index contributed by atoms with van der Waals surface area (Å²) in [7, 11) is 1.80. The Kier molecular flexibility index (Phi) is 12.2. The van der Waals surface area contributed by atoms with Crippen molar-refractivity contribution in [1.29, 1.82) is 0 Å². The van der Waals surface area contributed by atoms with Crippen molar-refractivity contribution in [2.45, 2.75) is 122 Å². The van der Waals surface area contributed by atoms with Crippen LogP contribution in [-0.4, -0.2) is 28.4 Å². The number of aryl methyl sites for hydroxylation is 1. The number of H-pyrrole nitrogens is 1. The molecule has 1 N–H and O–H groups in total. The summed E-state index contributed by atoms with van der Waals surface area (Å²) in [5.74, 6) is 1.95. The van der Waals surface area contributed by atoms with E-state index in [-0.39, 0.29) is 0 Å². The minimum Gasteiger partial charge on any atom is -0.381 e. The molecule has 0 fully saturated rings.